The molecular formula is C20H25BrN4O2. The number of likely N-dealkylation sites (tertiary alicyclic amines) is 1. The van der Waals surface area contributed by atoms with Crippen molar-refractivity contribution in [2.24, 2.45) is 0 Å². The summed E-state index contributed by atoms with van der Waals surface area (Å²) in [5, 5.41) is 13.0. The van der Waals surface area contributed by atoms with Crippen molar-refractivity contribution >= 4 is 33.4 Å². The lowest BCUT2D eigenvalue weighted by Crippen LogP contribution is -2.44. The Kier molecular flexibility index (Phi) is 5.38. The van der Waals surface area contributed by atoms with E-state index in [2.05, 4.69) is 31.7 Å². The molecule has 1 aliphatic rings. The lowest BCUT2D eigenvalue weighted by Gasteiger charge is -2.34. The summed E-state index contributed by atoms with van der Waals surface area (Å²) in [4.78, 5) is 14.0. The van der Waals surface area contributed by atoms with Crippen LogP contribution in [0.5, 0.6) is 0 Å². The first-order chi connectivity index (χ1) is 12.7. The highest BCUT2D eigenvalue weighted by molar-refractivity contribution is 9.10. The maximum absolute atomic E-state index is 12.2. The zero-order chi connectivity index (χ0) is 19.8. The molecule has 2 aromatic heterocycles. The first kappa shape index (κ1) is 19.6. The molecule has 1 N–H and O–H groups in total. The van der Waals surface area contributed by atoms with Crippen LogP contribution in [0, 0.1) is 18.3 Å². The summed E-state index contributed by atoms with van der Waals surface area (Å²) in [7, 11) is 0. The van der Waals surface area contributed by atoms with E-state index in [-0.39, 0.29) is 12.1 Å². The molecule has 0 spiro atoms. The van der Waals surface area contributed by atoms with E-state index in [9.17, 15) is 10.1 Å². The van der Waals surface area contributed by atoms with Gasteiger partial charge in [-0.2, -0.15) is 5.26 Å². The Hall–Kier alpha value is -2.20. The maximum atomic E-state index is 12.2. The fourth-order valence-corrected chi connectivity index (χ4v) is 3.77. The number of aromatic nitrogens is 1. The summed E-state index contributed by atoms with van der Waals surface area (Å²) in [5.74, 6) is 0.936. The number of pyridine rings is 1. The normalized spacial score (nSPS) is 15.6. The Labute approximate surface area is 168 Å². The van der Waals surface area contributed by atoms with E-state index in [1.54, 1.807) is 4.90 Å². The maximum Gasteiger partial charge on any atom is 0.410 e. The number of ether oxygens (including phenoxy) is 1. The molecule has 6 nitrogen and oxygen atoms in total. The van der Waals surface area contributed by atoms with E-state index >= 15 is 0 Å². The number of nitrogens with one attached hydrogen (secondary N) is 1. The first-order valence-electron chi connectivity index (χ1n) is 9.13. The number of fused-ring (bicyclic) bond motifs is 1. The van der Waals surface area contributed by atoms with E-state index in [1.165, 1.54) is 0 Å². The van der Waals surface area contributed by atoms with E-state index < -0.39 is 5.60 Å². The summed E-state index contributed by atoms with van der Waals surface area (Å²) >= 11 is 3.51. The van der Waals surface area contributed by atoms with Crippen LogP contribution in [0.1, 0.15) is 44.7 Å². The summed E-state index contributed by atoms with van der Waals surface area (Å²) in [5.41, 5.74) is 2.09. The zero-order valence-corrected chi connectivity index (χ0v) is 17.8. The van der Waals surface area contributed by atoms with Crippen molar-refractivity contribution in [1.29, 1.82) is 5.26 Å². The minimum atomic E-state index is -0.478. The van der Waals surface area contributed by atoms with Gasteiger partial charge in [-0.25, -0.2) is 4.79 Å². The molecule has 2 aromatic rings. The van der Waals surface area contributed by atoms with Gasteiger partial charge in [-0.05, 0) is 68.6 Å². The molecule has 0 aliphatic carbocycles. The SMILES string of the molecule is Cc1c(C#N)cc2cc(Br)cn2c1NC1CCN(C(=O)OC(C)(C)C)CC1. The Morgan fingerprint density at radius 2 is 2.00 bits per heavy atom. The number of rotatable bonds is 2. The van der Waals surface area contributed by atoms with Gasteiger partial charge in [0.15, 0.2) is 0 Å². The van der Waals surface area contributed by atoms with Crippen LogP contribution >= 0.6 is 15.9 Å². The smallest absolute Gasteiger partial charge is 0.410 e. The van der Waals surface area contributed by atoms with Crippen LogP contribution in [-0.2, 0) is 4.74 Å². The van der Waals surface area contributed by atoms with Crippen molar-refractivity contribution in [1.82, 2.24) is 9.30 Å². The first-order valence-corrected chi connectivity index (χ1v) is 9.93. The van der Waals surface area contributed by atoms with E-state index in [4.69, 9.17) is 4.74 Å². The van der Waals surface area contributed by atoms with Crippen molar-refractivity contribution in [3.8, 4) is 6.07 Å². The summed E-state index contributed by atoms with van der Waals surface area (Å²) in [6.45, 7) is 8.91. The van der Waals surface area contributed by atoms with Gasteiger partial charge in [0.1, 0.15) is 11.4 Å². The monoisotopic (exact) mass is 432 g/mol. The molecule has 144 valence electrons. The van der Waals surface area contributed by atoms with Gasteiger partial charge in [-0.3, -0.25) is 0 Å². The molecule has 0 bridgehead atoms. The summed E-state index contributed by atoms with van der Waals surface area (Å²) in [6, 6.07) is 6.41. The van der Waals surface area contributed by atoms with Gasteiger partial charge in [0, 0.05) is 40.9 Å². The highest BCUT2D eigenvalue weighted by Crippen LogP contribution is 2.28. The van der Waals surface area contributed by atoms with Crippen LogP contribution in [-0.4, -0.2) is 40.1 Å². The number of piperidine rings is 1. The number of amides is 1. The Bertz CT molecular complexity index is 899. The molecule has 0 aromatic carbocycles. The van der Waals surface area contributed by atoms with Gasteiger partial charge in [0.05, 0.1) is 11.6 Å². The van der Waals surface area contributed by atoms with Gasteiger partial charge >= 0.3 is 6.09 Å². The van der Waals surface area contributed by atoms with E-state index in [0.29, 0.717) is 18.7 Å². The topological polar surface area (TPSA) is 69.8 Å². The molecule has 1 amide bonds. The minimum absolute atomic E-state index is 0.237. The molecule has 3 heterocycles. The molecule has 0 atom stereocenters. The molecule has 0 unspecified atom stereocenters. The number of anilines is 1. The zero-order valence-electron chi connectivity index (χ0n) is 16.2. The molecule has 27 heavy (non-hydrogen) atoms. The highest BCUT2D eigenvalue weighted by Gasteiger charge is 2.27. The van der Waals surface area contributed by atoms with Gasteiger partial charge in [-0.1, -0.05) is 0 Å². The van der Waals surface area contributed by atoms with Crippen molar-refractivity contribution in [3.05, 3.63) is 33.9 Å². The van der Waals surface area contributed by atoms with Gasteiger partial charge < -0.3 is 19.4 Å². The quantitative estimate of drug-likeness (QED) is 0.746. The highest BCUT2D eigenvalue weighted by atomic mass is 79.9. The second-order valence-corrected chi connectivity index (χ2v) is 8.90. The number of hydrogen-bond acceptors (Lipinski definition) is 4. The van der Waals surface area contributed by atoms with Crippen LogP contribution < -0.4 is 5.32 Å². The number of nitrogens with zero attached hydrogens (tertiary/aromatic N) is 3. The molecular weight excluding hydrogens is 408 g/mol. The third kappa shape index (κ3) is 4.38. The average Bonchev–Trinajstić information content (AvgIpc) is 2.96. The fraction of sp³-hybridized carbons (Fsp3) is 0.500. The number of nitriles is 1. The van der Waals surface area contributed by atoms with E-state index in [0.717, 1.165) is 34.2 Å². The van der Waals surface area contributed by atoms with Gasteiger partial charge in [0.25, 0.3) is 0 Å². The van der Waals surface area contributed by atoms with Crippen LogP contribution in [0.2, 0.25) is 0 Å². The van der Waals surface area contributed by atoms with E-state index in [1.807, 2.05) is 46.0 Å². The second-order valence-electron chi connectivity index (χ2n) is 7.98. The molecule has 7 heteroatoms. The molecule has 0 radical (unpaired) electrons. The van der Waals surface area contributed by atoms with Crippen LogP contribution in [0.4, 0.5) is 10.6 Å². The molecule has 1 saturated heterocycles. The van der Waals surface area contributed by atoms with Gasteiger partial charge in [-0.15, -0.1) is 0 Å². The van der Waals surface area contributed by atoms with Crippen molar-refractivity contribution < 1.29 is 9.53 Å². The number of carbonyl (C=O) groups is 1. The fourth-order valence-electron chi connectivity index (χ4n) is 3.34. The molecule has 1 aliphatic heterocycles. The Morgan fingerprint density at radius 3 is 2.59 bits per heavy atom. The van der Waals surface area contributed by atoms with Crippen molar-refractivity contribution in [2.75, 3.05) is 18.4 Å². The van der Waals surface area contributed by atoms with Crippen LogP contribution in [0.25, 0.3) is 5.52 Å². The predicted octanol–water partition coefficient (Wildman–Crippen LogP) is 4.69. The molecule has 1 fully saturated rings. The Morgan fingerprint density at radius 1 is 1.33 bits per heavy atom. The van der Waals surface area contributed by atoms with Crippen LogP contribution in [0.3, 0.4) is 0 Å². The van der Waals surface area contributed by atoms with Gasteiger partial charge in [0.2, 0.25) is 0 Å². The third-order valence-electron chi connectivity index (χ3n) is 4.72. The Balaban J connectivity index is 1.73. The second kappa shape index (κ2) is 7.43. The number of halogens is 1. The lowest BCUT2D eigenvalue weighted by atomic mass is 10.0. The predicted molar refractivity (Wildman–Crippen MR) is 109 cm³/mol. The number of carbonyl (C=O) groups excluding carboxylic acids is 1. The van der Waals surface area contributed by atoms with Crippen LogP contribution in [0.15, 0.2) is 22.8 Å². The van der Waals surface area contributed by atoms with Crippen molar-refractivity contribution in [2.45, 2.75) is 52.2 Å². The van der Waals surface area contributed by atoms with Crippen molar-refractivity contribution in [3.63, 3.8) is 0 Å². The number of hydrogen-bond donors (Lipinski definition) is 1. The largest absolute Gasteiger partial charge is 0.444 e. The lowest BCUT2D eigenvalue weighted by molar-refractivity contribution is 0.0210. The third-order valence-corrected chi connectivity index (χ3v) is 5.15. The summed E-state index contributed by atoms with van der Waals surface area (Å²) in [6.07, 6.45) is 3.42. The molecule has 3 rings (SSSR count). The minimum Gasteiger partial charge on any atom is -0.444 e. The average molecular weight is 433 g/mol. The summed E-state index contributed by atoms with van der Waals surface area (Å²) < 4.78 is 8.50. The standard InChI is InChI=1S/C20H25BrN4O2/c1-13-14(11-22)9-17-10-15(21)12-25(17)18(13)23-16-5-7-24(8-6-16)19(26)27-20(2,3)4/h9-10,12,16,23H,5-8H2,1-4H3. The molecule has 0 saturated carbocycles.